The lowest BCUT2D eigenvalue weighted by molar-refractivity contribution is 0.213. The normalized spacial score (nSPS) is 16.7. The second kappa shape index (κ2) is 7.63. The van der Waals surface area contributed by atoms with Gasteiger partial charge in [-0.3, -0.25) is 0 Å². The number of nitrogens with one attached hydrogen (secondary N) is 1. The molecule has 2 rings (SSSR count). The number of amides is 2. The molecule has 4 heteroatoms. The SMILES string of the molecule is CCc1cccc(C(C)C)c1NC(=O)N1CCCN(C)CC1. The van der Waals surface area contributed by atoms with Gasteiger partial charge < -0.3 is 15.1 Å². The summed E-state index contributed by atoms with van der Waals surface area (Å²) in [6.07, 6.45) is 1.97. The quantitative estimate of drug-likeness (QED) is 0.927. The van der Waals surface area contributed by atoms with E-state index in [1.165, 1.54) is 11.1 Å². The number of hydrogen-bond acceptors (Lipinski definition) is 2. The number of carbonyl (C=O) groups is 1. The summed E-state index contributed by atoms with van der Waals surface area (Å²) >= 11 is 0. The van der Waals surface area contributed by atoms with E-state index in [1.54, 1.807) is 0 Å². The molecule has 1 aromatic rings. The lowest BCUT2D eigenvalue weighted by Crippen LogP contribution is -2.38. The predicted octanol–water partition coefficient (Wildman–Crippen LogP) is 3.54. The summed E-state index contributed by atoms with van der Waals surface area (Å²) < 4.78 is 0. The predicted molar refractivity (Wildman–Crippen MR) is 92.6 cm³/mol. The van der Waals surface area contributed by atoms with Crippen molar-refractivity contribution in [3.8, 4) is 0 Å². The zero-order chi connectivity index (χ0) is 16.1. The van der Waals surface area contributed by atoms with E-state index in [0.29, 0.717) is 5.92 Å². The molecular formula is C18H29N3O. The van der Waals surface area contributed by atoms with Gasteiger partial charge >= 0.3 is 6.03 Å². The third-order valence-corrected chi connectivity index (χ3v) is 4.42. The van der Waals surface area contributed by atoms with Crippen molar-refractivity contribution in [2.45, 2.75) is 39.5 Å². The van der Waals surface area contributed by atoms with E-state index in [2.05, 4.69) is 56.2 Å². The van der Waals surface area contributed by atoms with Gasteiger partial charge in [0.2, 0.25) is 0 Å². The highest BCUT2D eigenvalue weighted by Crippen LogP contribution is 2.28. The molecular weight excluding hydrogens is 274 g/mol. The lowest BCUT2D eigenvalue weighted by Gasteiger charge is -2.24. The van der Waals surface area contributed by atoms with Crippen LogP contribution in [0.4, 0.5) is 10.5 Å². The molecule has 0 saturated carbocycles. The maximum absolute atomic E-state index is 12.7. The first-order valence-corrected chi connectivity index (χ1v) is 8.39. The first kappa shape index (κ1) is 16.8. The zero-order valence-electron chi connectivity index (χ0n) is 14.4. The molecule has 0 aromatic heterocycles. The van der Waals surface area contributed by atoms with Gasteiger partial charge in [0.25, 0.3) is 0 Å². The smallest absolute Gasteiger partial charge is 0.321 e. The Morgan fingerprint density at radius 3 is 2.68 bits per heavy atom. The van der Waals surface area contributed by atoms with Crippen LogP contribution in [0.5, 0.6) is 0 Å². The van der Waals surface area contributed by atoms with Crippen LogP contribution in [0, 0.1) is 0 Å². The van der Waals surface area contributed by atoms with Crippen molar-refractivity contribution < 1.29 is 4.79 Å². The molecule has 1 fully saturated rings. The molecule has 1 saturated heterocycles. The Labute approximate surface area is 134 Å². The second-order valence-corrected chi connectivity index (χ2v) is 6.46. The molecule has 1 heterocycles. The topological polar surface area (TPSA) is 35.6 Å². The van der Waals surface area contributed by atoms with Gasteiger partial charge in [0.1, 0.15) is 0 Å². The van der Waals surface area contributed by atoms with Crippen LogP contribution in [-0.4, -0.2) is 49.1 Å². The van der Waals surface area contributed by atoms with Gasteiger partial charge in [-0.05, 0) is 43.5 Å². The molecule has 0 spiro atoms. The summed E-state index contributed by atoms with van der Waals surface area (Å²) in [7, 11) is 2.12. The maximum atomic E-state index is 12.7. The van der Waals surface area contributed by atoms with Crippen LogP contribution >= 0.6 is 0 Å². The Hall–Kier alpha value is -1.55. The second-order valence-electron chi connectivity index (χ2n) is 6.46. The molecule has 0 unspecified atom stereocenters. The molecule has 0 aliphatic carbocycles. The monoisotopic (exact) mass is 303 g/mol. The summed E-state index contributed by atoms with van der Waals surface area (Å²) in [6.45, 7) is 10.1. The number of carbonyl (C=O) groups excluding carboxylic acids is 1. The fourth-order valence-corrected chi connectivity index (χ4v) is 2.98. The average Bonchev–Trinajstić information content (AvgIpc) is 2.72. The number of nitrogens with zero attached hydrogens (tertiary/aromatic N) is 2. The number of likely N-dealkylation sites (N-methyl/N-ethyl adjacent to an activating group) is 1. The number of benzene rings is 1. The maximum Gasteiger partial charge on any atom is 0.321 e. The average molecular weight is 303 g/mol. The van der Waals surface area contributed by atoms with Crippen LogP contribution in [-0.2, 0) is 6.42 Å². The van der Waals surface area contributed by atoms with E-state index >= 15 is 0 Å². The highest BCUT2D eigenvalue weighted by molar-refractivity contribution is 5.91. The Morgan fingerprint density at radius 2 is 2.00 bits per heavy atom. The van der Waals surface area contributed by atoms with Crippen molar-refractivity contribution in [1.29, 1.82) is 0 Å². The van der Waals surface area contributed by atoms with E-state index in [0.717, 1.165) is 44.7 Å². The molecule has 1 aromatic carbocycles. The van der Waals surface area contributed by atoms with E-state index in [9.17, 15) is 4.79 Å². The van der Waals surface area contributed by atoms with Crippen LogP contribution in [0.2, 0.25) is 0 Å². The van der Waals surface area contributed by atoms with Gasteiger partial charge in [0.15, 0.2) is 0 Å². The van der Waals surface area contributed by atoms with Crippen LogP contribution in [0.1, 0.15) is 44.2 Å². The summed E-state index contributed by atoms with van der Waals surface area (Å²) in [5.74, 6) is 0.400. The summed E-state index contributed by atoms with van der Waals surface area (Å²) in [6, 6.07) is 6.36. The van der Waals surface area contributed by atoms with Gasteiger partial charge in [0, 0.05) is 25.3 Å². The molecule has 0 bridgehead atoms. The van der Waals surface area contributed by atoms with Gasteiger partial charge in [-0.15, -0.1) is 0 Å². The standard InChI is InChI=1S/C18H29N3O/c1-5-15-8-6-9-16(14(2)3)17(15)19-18(22)21-11-7-10-20(4)12-13-21/h6,8-9,14H,5,7,10-13H2,1-4H3,(H,19,22). The fourth-order valence-electron chi connectivity index (χ4n) is 2.98. The van der Waals surface area contributed by atoms with Gasteiger partial charge in [-0.2, -0.15) is 0 Å². The molecule has 0 radical (unpaired) electrons. The van der Waals surface area contributed by atoms with Crippen molar-refractivity contribution in [2.75, 3.05) is 38.5 Å². The fraction of sp³-hybridized carbons (Fsp3) is 0.611. The molecule has 4 nitrogen and oxygen atoms in total. The molecule has 1 aliphatic rings. The molecule has 22 heavy (non-hydrogen) atoms. The van der Waals surface area contributed by atoms with Crippen molar-refractivity contribution in [2.24, 2.45) is 0 Å². The Balaban J connectivity index is 2.17. The zero-order valence-corrected chi connectivity index (χ0v) is 14.4. The lowest BCUT2D eigenvalue weighted by atomic mass is 9.96. The highest BCUT2D eigenvalue weighted by atomic mass is 16.2. The Kier molecular flexibility index (Phi) is 5.83. The first-order chi connectivity index (χ1) is 10.5. The van der Waals surface area contributed by atoms with E-state index < -0.39 is 0 Å². The van der Waals surface area contributed by atoms with Crippen molar-refractivity contribution in [3.63, 3.8) is 0 Å². The summed E-state index contributed by atoms with van der Waals surface area (Å²) in [5, 5.41) is 3.19. The summed E-state index contributed by atoms with van der Waals surface area (Å²) in [4.78, 5) is 16.9. The van der Waals surface area contributed by atoms with Crippen LogP contribution in [0.3, 0.4) is 0 Å². The molecule has 1 N–H and O–H groups in total. The van der Waals surface area contributed by atoms with E-state index in [1.807, 2.05) is 4.90 Å². The number of rotatable bonds is 3. The van der Waals surface area contributed by atoms with Gasteiger partial charge in [-0.25, -0.2) is 4.79 Å². The van der Waals surface area contributed by atoms with E-state index in [-0.39, 0.29) is 6.03 Å². The minimum absolute atomic E-state index is 0.0399. The molecule has 1 aliphatic heterocycles. The van der Waals surface area contributed by atoms with Crippen molar-refractivity contribution >= 4 is 11.7 Å². The number of anilines is 1. The summed E-state index contributed by atoms with van der Waals surface area (Å²) in [5.41, 5.74) is 3.45. The third kappa shape index (κ3) is 4.01. The Morgan fingerprint density at radius 1 is 1.23 bits per heavy atom. The van der Waals surface area contributed by atoms with Crippen LogP contribution in [0.25, 0.3) is 0 Å². The molecule has 0 atom stereocenters. The van der Waals surface area contributed by atoms with Crippen molar-refractivity contribution in [1.82, 2.24) is 9.80 Å². The minimum atomic E-state index is 0.0399. The highest BCUT2D eigenvalue weighted by Gasteiger charge is 2.20. The minimum Gasteiger partial charge on any atom is -0.323 e. The van der Waals surface area contributed by atoms with Gasteiger partial charge in [-0.1, -0.05) is 39.0 Å². The largest absolute Gasteiger partial charge is 0.323 e. The van der Waals surface area contributed by atoms with Crippen LogP contribution in [0.15, 0.2) is 18.2 Å². The van der Waals surface area contributed by atoms with Gasteiger partial charge in [0.05, 0.1) is 0 Å². The molecule has 2 amide bonds. The number of urea groups is 1. The van der Waals surface area contributed by atoms with E-state index in [4.69, 9.17) is 0 Å². The third-order valence-electron chi connectivity index (χ3n) is 4.42. The van der Waals surface area contributed by atoms with Crippen molar-refractivity contribution in [3.05, 3.63) is 29.3 Å². The van der Waals surface area contributed by atoms with Crippen LogP contribution < -0.4 is 5.32 Å². The Bertz CT molecular complexity index is 513. The number of aryl methyl sites for hydroxylation is 1. The number of hydrogen-bond donors (Lipinski definition) is 1. The number of para-hydroxylation sites is 1. The first-order valence-electron chi connectivity index (χ1n) is 8.39. The molecule has 122 valence electrons.